The molecule has 94 valence electrons. The lowest BCUT2D eigenvalue weighted by Crippen LogP contribution is -2.22. The maximum Gasteiger partial charge on any atom is 0.163 e. The predicted molar refractivity (Wildman–Crippen MR) is 69.8 cm³/mol. The van der Waals surface area contributed by atoms with Crippen LogP contribution in [0.15, 0.2) is 12.1 Å². The van der Waals surface area contributed by atoms with E-state index in [2.05, 4.69) is 26.1 Å². The number of ether oxygens (including phenoxy) is 2. The van der Waals surface area contributed by atoms with E-state index in [4.69, 9.17) is 15.2 Å². The molecule has 1 aliphatic heterocycles. The number of nitrogen functional groups attached to an aromatic ring is 1. The van der Waals surface area contributed by atoms with E-state index in [1.807, 2.05) is 12.1 Å². The third kappa shape index (κ3) is 2.57. The molecule has 1 unspecified atom stereocenters. The van der Waals surface area contributed by atoms with Gasteiger partial charge in [0.25, 0.3) is 0 Å². The summed E-state index contributed by atoms with van der Waals surface area (Å²) < 4.78 is 11.0. The average molecular weight is 236 g/mol. The number of hydrogen-bond acceptors (Lipinski definition) is 4. The van der Waals surface area contributed by atoms with Crippen LogP contribution >= 0.6 is 0 Å². The Labute approximate surface area is 102 Å². The number of benzene rings is 1. The maximum atomic E-state index is 6.00. The minimum atomic E-state index is 0.361. The summed E-state index contributed by atoms with van der Waals surface area (Å²) in [6.07, 6.45) is 0. The van der Waals surface area contributed by atoms with E-state index in [9.17, 15) is 0 Å². The molecule has 4 heteroatoms. The number of nitrogens with one attached hydrogen (secondary N) is 1. The summed E-state index contributed by atoms with van der Waals surface area (Å²) >= 11 is 0. The van der Waals surface area contributed by atoms with Crippen LogP contribution in [0.3, 0.4) is 0 Å². The molecule has 2 rings (SSSR count). The van der Waals surface area contributed by atoms with Crippen molar-refractivity contribution in [2.75, 3.05) is 24.3 Å². The van der Waals surface area contributed by atoms with Crippen LogP contribution in [-0.4, -0.2) is 19.3 Å². The molecule has 1 aromatic rings. The summed E-state index contributed by atoms with van der Waals surface area (Å²) in [7, 11) is 0. The highest BCUT2D eigenvalue weighted by Gasteiger charge is 2.16. The largest absolute Gasteiger partial charge is 0.486 e. The fraction of sp³-hybridized carbons (Fsp3) is 0.538. The van der Waals surface area contributed by atoms with Crippen molar-refractivity contribution in [3.63, 3.8) is 0 Å². The zero-order valence-corrected chi connectivity index (χ0v) is 10.6. The van der Waals surface area contributed by atoms with Crippen LogP contribution < -0.4 is 20.5 Å². The lowest BCUT2D eigenvalue weighted by atomic mass is 10.1. The Kier molecular flexibility index (Phi) is 3.31. The molecule has 0 saturated carbocycles. The first-order valence-electron chi connectivity index (χ1n) is 6.03. The van der Waals surface area contributed by atoms with E-state index in [0.29, 0.717) is 30.9 Å². The molecule has 0 bridgehead atoms. The fourth-order valence-corrected chi connectivity index (χ4v) is 1.64. The van der Waals surface area contributed by atoms with Crippen molar-refractivity contribution < 1.29 is 9.47 Å². The van der Waals surface area contributed by atoms with Crippen LogP contribution in [-0.2, 0) is 0 Å². The first kappa shape index (κ1) is 11.9. The van der Waals surface area contributed by atoms with Crippen molar-refractivity contribution >= 4 is 11.4 Å². The summed E-state index contributed by atoms with van der Waals surface area (Å²) in [5.74, 6) is 2.04. The van der Waals surface area contributed by atoms with Gasteiger partial charge in [-0.3, -0.25) is 0 Å². The van der Waals surface area contributed by atoms with Crippen molar-refractivity contribution in [2.45, 2.75) is 26.8 Å². The fourth-order valence-electron chi connectivity index (χ4n) is 1.64. The molecule has 0 amide bonds. The number of nitrogens with two attached hydrogens (primary N) is 1. The summed E-state index contributed by atoms with van der Waals surface area (Å²) in [5, 5.41) is 3.40. The van der Waals surface area contributed by atoms with E-state index < -0.39 is 0 Å². The minimum absolute atomic E-state index is 0.361. The van der Waals surface area contributed by atoms with Gasteiger partial charge >= 0.3 is 0 Å². The highest BCUT2D eigenvalue weighted by atomic mass is 16.6. The van der Waals surface area contributed by atoms with Gasteiger partial charge in [-0.15, -0.1) is 0 Å². The van der Waals surface area contributed by atoms with E-state index in [1.54, 1.807) is 0 Å². The third-order valence-corrected chi connectivity index (χ3v) is 3.10. The Morgan fingerprint density at radius 3 is 2.29 bits per heavy atom. The van der Waals surface area contributed by atoms with E-state index in [0.717, 1.165) is 17.2 Å². The van der Waals surface area contributed by atoms with E-state index >= 15 is 0 Å². The second-order valence-corrected chi connectivity index (χ2v) is 4.76. The minimum Gasteiger partial charge on any atom is -0.486 e. The first-order valence-corrected chi connectivity index (χ1v) is 6.03. The molecule has 1 atom stereocenters. The van der Waals surface area contributed by atoms with Gasteiger partial charge in [0.2, 0.25) is 0 Å². The Balaban J connectivity index is 2.22. The standard InChI is InChI=1S/C13H20N2O2/c1-8(2)9(3)15-11-7-13-12(6-10(11)14)16-4-5-17-13/h6-9,15H,4-5,14H2,1-3H3. The monoisotopic (exact) mass is 236 g/mol. The number of rotatable bonds is 3. The summed E-state index contributed by atoms with van der Waals surface area (Å²) in [4.78, 5) is 0. The SMILES string of the molecule is CC(C)C(C)Nc1cc2c(cc1N)OCCO2. The van der Waals surface area contributed by atoms with Gasteiger partial charge in [-0.2, -0.15) is 0 Å². The number of hydrogen-bond donors (Lipinski definition) is 2. The van der Waals surface area contributed by atoms with Gasteiger partial charge in [-0.1, -0.05) is 13.8 Å². The second kappa shape index (κ2) is 4.73. The zero-order valence-electron chi connectivity index (χ0n) is 10.6. The van der Waals surface area contributed by atoms with Gasteiger partial charge in [0, 0.05) is 18.2 Å². The molecule has 1 aliphatic rings. The molecule has 0 spiro atoms. The molecule has 4 nitrogen and oxygen atoms in total. The van der Waals surface area contributed by atoms with Gasteiger partial charge in [0.05, 0.1) is 11.4 Å². The van der Waals surface area contributed by atoms with Crippen LogP contribution in [0.1, 0.15) is 20.8 Å². The lowest BCUT2D eigenvalue weighted by Gasteiger charge is -2.23. The highest BCUT2D eigenvalue weighted by molar-refractivity contribution is 5.72. The van der Waals surface area contributed by atoms with Crippen molar-refractivity contribution in [1.82, 2.24) is 0 Å². The smallest absolute Gasteiger partial charge is 0.163 e. The Morgan fingerprint density at radius 2 is 1.71 bits per heavy atom. The normalized spacial score (nSPS) is 15.8. The highest BCUT2D eigenvalue weighted by Crippen LogP contribution is 2.37. The van der Waals surface area contributed by atoms with Gasteiger partial charge < -0.3 is 20.5 Å². The molecular weight excluding hydrogens is 216 g/mol. The van der Waals surface area contributed by atoms with Crippen molar-refractivity contribution in [1.29, 1.82) is 0 Å². The third-order valence-electron chi connectivity index (χ3n) is 3.10. The predicted octanol–water partition coefficient (Wildman–Crippen LogP) is 2.50. The Hall–Kier alpha value is -1.58. The molecule has 0 aromatic heterocycles. The van der Waals surface area contributed by atoms with Crippen molar-refractivity contribution in [3.05, 3.63) is 12.1 Å². The Bertz CT molecular complexity index is 405. The van der Waals surface area contributed by atoms with E-state index in [-0.39, 0.29) is 0 Å². The summed E-state index contributed by atoms with van der Waals surface area (Å²) in [6.45, 7) is 7.66. The van der Waals surface area contributed by atoms with Crippen LogP contribution in [0, 0.1) is 5.92 Å². The van der Waals surface area contributed by atoms with Crippen molar-refractivity contribution in [3.8, 4) is 11.5 Å². The van der Waals surface area contributed by atoms with Crippen molar-refractivity contribution in [2.24, 2.45) is 5.92 Å². The molecule has 0 radical (unpaired) electrons. The number of fused-ring (bicyclic) bond motifs is 1. The van der Waals surface area contributed by atoms with Gasteiger partial charge in [0.15, 0.2) is 11.5 Å². The molecule has 0 fully saturated rings. The van der Waals surface area contributed by atoms with Crippen LogP contribution in [0.25, 0.3) is 0 Å². The molecule has 1 heterocycles. The first-order chi connectivity index (χ1) is 8.08. The molecule has 3 N–H and O–H groups in total. The van der Waals surface area contributed by atoms with Crippen LogP contribution in [0.4, 0.5) is 11.4 Å². The maximum absolute atomic E-state index is 6.00. The molecular formula is C13H20N2O2. The number of anilines is 2. The topological polar surface area (TPSA) is 56.5 Å². The molecule has 0 aliphatic carbocycles. The average Bonchev–Trinajstić information content (AvgIpc) is 2.29. The molecule has 1 aromatic carbocycles. The quantitative estimate of drug-likeness (QED) is 0.792. The van der Waals surface area contributed by atoms with Gasteiger partial charge in [0.1, 0.15) is 13.2 Å². The summed E-state index contributed by atoms with van der Waals surface area (Å²) in [5.41, 5.74) is 7.60. The van der Waals surface area contributed by atoms with E-state index in [1.165, 1.54) is 0 Å². The Morgan fingerprint density at radius 1 is 1.12 bits per heavy atom. The van der Waals surface area contributed by atoms with Crippen LogP contribution in [0.5, 0.6) is 11.5 Å². The molecule has 17 heavy (non-hydrogen) atoms. The van der Waals surface area contributed by atoms with Crippen LogP contribution in [0.2, 0.25) is 0 Å². The summed E-state index contributed by atoms with van der Waals surface area (Å²) in [6, 6.07) is 4.10. The molecule has 0 saturated heterocycles. The lowest BCUT2D eigenvalue weighted by molar-refractivity contribution is 0.172. The van der Waals surface area contributed by atoms with Gasteiger partial charge in [-0.05, 0) is 12.8 Å². The second-order valence-electron chi connectivity index (χ2n) is 4.76. The van der Waals surface area contributed by atoms with Gasteiger partial charge in [-0.25, -0.2) is 0 Å². The zero-order chi connectivity index (χ0) is 12.4.